The molecule has 3 heterocycles. The number of fused-ring (bicyclic) bond motifs is 1. The van der Waals surface area contributed by atoms with Gasteiger partial charge in [-0.05, 0) is 42.0 Å². The summed E-state index contributed by atoms with van der Waals surface area (Å²) in [6.45, 7) is 5.79. The minimum Gasteiger partial charge on any atom is -0.379 e. The molecular formula is C29H27Cl2N5O2. The Bertz CT molecular complexity index is 1510. The molecule has 38 heavy (non-hydrogen) atoms. The number of hydrogen-bond acceptors (Lipinski definition) is 6. The van der Waals surface area contributed by atoms with Crippen LogP contribution in [0.2, 0.25) is 10.0 Å². The SMILES string of the molecule is CC(=O)C1=NN(c2ccc(Cl)c(Cl)c2)[C@@H](c2c[nH]c3ccccc23)N1c1ccc(CN2CCOCC2)cc1. The molecule has 0 spiro atoms. The number of aromatic nitrogens is 1. The summed E-state index contributed by atoms with van der Waals surface area (Å²) in [5.41, 5.74) is 4.82. The number of aromatic amines is 1. The van der Waals surface area contributed by atoms with Crippen molar-refractivity contribution in [1.82, 2.24) is 9.88 Å². The molecule has 9 heteroatoms. The first-order valence-electron chi connectivity index (χ1n) is 12.6. The van der Waals surface area contributed by atoms with Crippen molar-refractivity contribution in [1.29, 1.82) is 0 Å². The number of hydrazone groups is 1. The summed E-state index contributed by atoms with van der Waals surface area (Å²) in [6, 6.07) is 21.9. The molecule has 1 saturated heterocycles. The highest BCUT2D eigenvalue weighted by Gasteiger charge is 2.40. The number of morpholine rings is 1. The maximum atomic E-state index is 13.0. The number of nitrogens with one attached hydrogen (secondary N) is 1. The van der Waals surface area contributed by atoms with E-state index in [1.165, 1.54) is 5.56 Å². The zero-order valence-corrected chi connectivity index (χ0v) is 22.4. The lowest BCUT2D eigenvalue weighted by Gasteiger charge is -2.32. The average molecular weight is 548 g/mol. The summed E-state index contributed by atoms with van der Waals surface area (Å²) in [6.07, 6.45) is 1.56. The maximum absolute atomic E-state index is 13.0. The predicted octanol–water partition coefficient (Wildman–Crippen LogP) is 6.23. The van der Waals surface area contributed by atoms with Crippen LogP contribution in [0.1, 0.15) is 24.2 Å². The van der Waals surface area contributed by atoms with E-state index in [1.54, 1.807) is 19.1 Å². The Hall–Kier alpha value is -3.36. The molecule has 0 amide bonds. The molecule has 1 N–H and O–H groups in total. The van der Waals surface area contributed by atoms with Gasteiger partial charge in [0.1, 0.15) is 0 Å². The second-order valence-electron chi connectivity index (χ2n) is 9.51. The number of carbonyl (C=O) groups is 1. The molecule has 2 aliphatic heterocycles. The van der Waals surface area contributed by atoms with Crippen LogP contribution >= 0.6 is 23.2 Å². The fourth-order valence-corrected chi connectivity index (χ4v) is 5.41. The van der Waals surface area contributed by atoms with Gasteiger partial charge in [0.25, 0.3) is 0 Å². The molecule has 1 fully saturated rings. The number of carbonyl (C=O) groups excluding carboxylic acids is 1. The van der Waals surface area contributed by atoms with Crippen LogP contribution < -0.4 is 9.91 Å². The van der Waals surface area contributed by atoms with Gasteiger partial charge in [-0.2, -0.15) is 0 Å². The first kappa shape index (κ1) is 24.9. The Kier molecular flexibility index (Phi) is 6.84. The molecule has 0 bridgehead atoms. The van der Waals surface area contributed by atoms with Crippen molar-refractivity contribution in [2.45, 2.75) is 19.6 Å². The van der Waals surface area contributed by atoms with E-state index in [9.17, 15) is 4.79 Å². The Morgan fingerprint density at radius 2 is 1.74 bits per heavy atom. The number of hydrogen-bond donors (Lipinski definition) is 1. The molecule has 4 aromatic rings. The number of para-hydroxylation sites is 1. The molecule has 0 saturated carbocycles. The number of anilines is 2. The van der Waals surface area contributed by atoms with Crippen LogP contribution in [0.5, 0.6) is 0 Å². The van der Waals surface area contributed by atoms with Crippen LogP contribution in [0.4, 0.5) is 11.4 Å². The largest absolute Gasteiger partial charge is 0.379 e. The third-order valence-corrected chi connectivity index (χ3v) is 7.75. The van der Waals surface area contributed by atoms with Gasteiger partial charge in [0.2, 0.25) is 0 Å². The number of halogens is 2. The van der Waals surface area contributed by atoms with Gasteiger partial charge >= 0.3 is 0 Å². The molecule has 1 aromatic heterocycles. The summed E-state index contributed by atoms with van der Waals surface area (Å²) in [5, 5.41) is 8.61. The van der Waals surface area contributed by atoms with Gasteiger partial charge in [-0.15, -0.1) is 5.10 Å². The van der Waals surface area contributed by atoms with Crippen molar-refractivity contribution in [3.8, 4) is 0 Å². The Morgan fingerprint density at radius 1 is 1.00 bits per heavy atom. The van der Waals surface area contributed by atoms with Crippen LogP contribution in [0.3, 0.4) is 0 Å². The Morgan fingerprint density at radius 3 is 2.47 bits per heavy atom. The smallest absolute Gasteiger partial charge is 0.198 e. The van der Waals surface area contributed by atoms with Crippen molar-refractivity contribution >= 4 is 57.1 Å². The highest BCUT2D eigenvalue weighted by molar-refractivity contribution is 6.44. The number of Topliss-reactive ketones (excluding diaryl/α,β-unsaturated/α-hetero) is 1. The number of H-pyrrole nitrogens is 1. The third-order valence-electron chi connectivity index (χ3n) is 7.01. The van der Waals surface area contributed by atoms with Crippen LogP contribution in [0.25, 0.3) is 10.9 Å². The van der Waals surface area contributed by atoms with Gasteiger partial charge in [0, 0.05) is 54.9 Å². The first-order chi connectivity index (χ1) is 18.5. The van der Waals surface area contributed by atoms with E-state index < -0.39 is 6.17 Å². The molecule has 2 aliphatic rings. The predicted molar refractivity (Wildman–Crippen MR) is 153 cm³/mol. The van der Waals surface area contributed by atoms with Crippen LogP contribution in [0.15, 0.2) is 78.0 Å². The zero-order chi connectivity index (χ0) is 26.2. The molecule has 6 rings (SSSR count). The van der Waals surface area contributed by atoms with Crippen molar-refractivity contribution in [3.05, 3.63) is 94.1 Å². The Labute approximate surface area is 231 Å². The number of benzene rings is 3. The summed E-state index contributed by atoms with van der Waals surface area (Å²) >= 11 is 12.6. The standard InChI is InChI=1S/C29H27Cl2N5O2/c1-19(37)28-33-36(22-10-11-25(30)26(31)16-22)29(24-17-32-27-5-3-2-4-23(24)27)35(28)21-8-6-20(7-9-21)18-34-12-14-38-15-13-34/h2-11,16-17,29,32H,12-15,18H2,1H3/t29-/m0/s1. The van der Waals surface area contributed by atoms with E-state index in [1.807, 2.05) is 40.4 Å². The van der Waals surface area contributed by atoms with Gasteiger partial charge < -0.3 is 9.72 Å². The summed E-state index contributed by atoms with van der Waals surface area (Å²) < 4.78 is 5.48. The highest BCUT2D eigenvalue weighted by Crippen LogP contribution is 2.42. The minimum atomic E-state index is -0.424. The van der Waals surface area contributed by atoms with Gasteiger partial charge in [0.15, 0.2) is 17.8 Å². The number of ketones is 1. The molecule has 7 nitrogen and oxygen atoms in total. The minimum absolute atomic E-state index is 0.130. The summed E-state index contributed by atoms with van der Waals surface area (Å²) in [4.78, 5) is 20.7. The number of amidine groups is 1. The van der Waals surface area contributed by atoms with Crippen LogP contribution in [0, 0.1) is 0 Å². The lowest BCUT2D eigenvalue weighted by Crippen LogP contribution is -2.38. The van der Waals surface area contributed by atoms with E-state index >= 15 is 0 Å². The topological polar surface area (TPSA) is 64.2 Å². The number of nitrogens with zero attached hydrogens (tertiary/aromatic N) is 4. The highest BCUT2D eigenvalue weighted by atomic mass is 35.5. The van der Waals surface area contributed by atoms with E-state index in [0.29, 0.717) is 15.9 Å². The van der Waals surface area contributed by atoms with Gasteiger partial charge in [-0.3, -0.25) is 14.6 Å². The number of ether oxygens (including phenoxy) is 1. The monoisotopic (exact) mass is 547 g/mol. The Balaban J connectivity index is 1.44. The van der Waals surface area contributed by atoms with Crippen LogP contribution in [-0.2, 0) is 16.1 Å². The molecule has 0 radical (unpaired) electrons. The third kappa shape index (κ3) is 4.67. The molecule has 0 aliphatic carbocycles. The van der Waals surface area contributed by atoms with E-state index in [2.05, 4.69) is 40.2 Å². The van der Waals surface area contributed by atoms with Crippen molar-refractivity contribution in [3.63, 3.8) is 0 Å². The average Bonchev–Trinajstić information content (AvgIpc) is 3.53. The second kappa shape index (κ2) is 10.4. The molecule has 3 aromatic carbocycles. The van der Waals surface area contributed by atoms with Crippen molar-refractivity contribution < 1.29 is 9.53 Å². The van der Waals surface area contributed by atoms with E-state index in [4.69, 9.17) is 33.0 Å². The number of rotatable bonds is 6. The lowest BCUT2D eigenvalue weighted by molar-refractivity contribution is -0.111. The van der Waals surface area contributed by atoms with Crippen molar-refractivity contribution in [2.75, 3.05) is 36.2 Å². The zero-order valence-electron chi connectivity index (χ0n) is 20.9. The summed E-state index contributed by atoms with van der Waals surface area (Å²) in [5.74, 6) is 0.224. The van der Waals surface area contributed by atoms with Crippen LogP contribution in [-0.4, -0.2) is 47.8 Å². The summed E-state index contributed by atoms with van der Waals surface area (Å²) in [7, 11) is 0. The molecule has 0 unspecified atom stereocenters. The van der Waals surface area contributed by atoms with E-state index in [-0.39, 0.29) is 5.78 Å². The maximum Gasteiger partial charge on any atom is 0.198 e. The quantitative estimate of drug-likeness (QED) is 0.309. The molecule has 1 atom stereocenters. The normalized spacial score (nSPS) is 18.3. The molecule has 194 valence electrons. The van der Waals surface area contributed by atoms with Gasteiger partial charge in [0.05, 0.1) is 28.9 Å². The van der Waals surface area contributed by atoms with E-state index in [0.717, 1.165) is 60.7 Å². The lowest BCUT2D eigenvalue weighted by atomic mass is 10.1. The fraction of sp³-hybridized carbons (Fsp3) is 0.241. The van der Waals surface area contributed by atoms with Gasteiger partial charge in [-0.25, -0.2) is 5.01 Å². The first-order valence-corrected chi connectivity index (χ1v) is 13.3. The second-order valence-corrected chi connectivity index (χ2v) is 10.3. The van der Waals surface area contributed by atoms with Gasteiger partial charge in [-0.1, -0.05) is 53.5 Å². The molecular weight excluding hydrogens is 521 g/mol. The van der Waals surface area contributed by atoms with Crippen molar-refractivity contribution in [2.24, 2.45) is 5.10 Å². The fourth-order valence-electron chi connectivity index (χ4n) is 5.12.